The predicted octanol–water partition coefficient (Wildman–Crippen LogP) is 3.02. The third kappa shape index (κ3) is 2.71. The van der Waals surface area contributed by atoms with E-state index in [1.54, 1.807) is 18.4 Å². The zero-order valence-corrected chi connectivity index (χ0v) is 15.9. The third-order valence-corrected chi connectivity index (χ3v) is 6.30. The fraction of sp³-hybridized carbons (Fsp3) is 0.250. The molecule has 0 spiro atoms. The highest BCUT2D eigenvalue weighted by atomic mass is 32.2. The van der Waals surface area contributed by atoms with Crippen LogP contribution >= 0.6 is 23.1 Å². The molecule has 0 bridgehead atoms. The molecule has 134 valence electrons. The summed E-state index contributed by atoms with van der Waals surface area (Å²) in [5.74, 6) is 7.64. The van der Waals surface area contributed by atoms with Crippen molar-refractivity contribution in [3.05, 3.63) is 45.0 Å². The van der Waals surface area contributed by atoms with Crippen LogP contribution in [0.1, 0.15) is 28.4 Å². The van der Waals surface area contributed by atoms with Gasteiger partial charge in [-0.2, -0.15) is 0 Å². The van der Waals surface area contributed by atoms with Gasteiger partial charge >= 0.3 is 0 Å². The molecule has 0 unspecified atom stereocenters. The summed E-state index contributed by atoms with van der Waals surface area (Å²) in [6.45, 7) is 5.87. The minimum atomic E-state index is -0.161. The molecule has 4 heterocycles. The van der Waals surface area contributed by atoms with Gasteiger partial charge < -0.3 is 15.2 Å². The Hall–Kier alpha value is -2.59. The summed E-state index contributed by atoms with van der Waals surface area (Å²) in [5, 5.41) is 9.19. The Morgan fingerprint density at radius 2 is 2.19 bits per heavy atom. The summed E-state index contributed by atoms with van der Waals surface area (Å²) in [6, 6.07) is 3.52. The van der Waals surface area contributed by atoms with Crippen molar-refractivity contribution in [1.82, 2.24) is 24.8 Å². The number of aromatic nitrogens is 5. The SMILES string of the molecule is Cc1sc2nc([C@@H](C)Sc3nnc(-c4ccco4)n3N)[nH]c(=O)c2c1C. The Balaban J connectivity index is 1.66. The number of fused-ring (bicyclic) bond motifs is 1. The van der Waals surface area contributed by atoms with Crippen LogP contribution in [0.5, 0.6) is 0 Å². The molecule has 0 saturated heterocycles. The normalized spacial score (nSPS) is 12.7. The van der Waals surface area contributed by atoms with Crippen molar-refractivity contribution in [2.24, 2.45) is 0 Å². The van der Waals surface area contributed by atoms with Crippen molar-refractivity contribution in [2.45, 2.75) is 31.2 Å². The fourth-order valence-electron chi connectivity index (χ4n) is 2.61. The van der Waals surface area contributed by atoms with Crippen molar-refractivity contribution in [1.29, 1.82) is 0 Å². The lowest BCUT2D eigenvalue weighted by Gasteiger charge is -2.09. The average Bonchev–Trinajstić information content (AvgIpc) is 3.30. The lowest BCUT2D eigenvalue weighted by Crippen LogP contribution is -2.14. The van der Waals surface area contributed by atoms with Crippen LogP contribution in [0, 0.1) is 13.8 Å². The molecule has 4 rings (SSSR count). The molecule has 0 saturated carbocycles. The maximum atomic E-state index is 12.4. The van der Waals surface area contributed by atoms with E-state index in [0.29, 0.717) is 28.0 Å². The number of nitrogen functional groups attached to an aromatic ring is 1. The van der Waals surface area contributed by atoms with Crippen molar-refractivity contribution in [2.75, 3.05) is 5.84 Å². The fourth-order valence-corrected chi connectivity index (χ4v) is 4.47. The quantitative estimate of drug-likeness (QED) is 0.408. The van der Waals surface area contributed by atoms with Crippen LogP contribution < -0.4 is 11.4 Å². The second kappa shape index (κ2) is 6.29. The Kier molecular flexibility index (Phi) is 4.08. The Morgan fingerprint density at radius 3 is 2.92 bits per heavy atom. The molecule has 0 amide bonds. The lowest BCUT2D eigenvalue weighted by molar-refractivity contribution is 0.574. The minimum Gasteiger partial charge on any atom is -0.461 e. The molecule has 8 nitrogen and oxygen atoms in total. The van der Waals surface area contributed by atoms with Crippen molar-refractivity contribution >= 4 is 33.3 Å². The maximum Gasteiger partial charge on any atom is 0.259 e. The second-order valence-electron chi connectivity index (χ2n) is 5.83. The summed E-state index contributed by atoms with van der Waals surface area (Å²) in [6.07, 6.45) is 1.55. The van der Waals surface area contributed by atoms with Crippen LogP contribution in [0.15, 0.2) is 32.8 Å². The number of aryl methyl sites for hydroxylation is 2. The van der Waals surface area contributed by atoms with Crippen LogP contribution in [0.3, 0.4) is 0 Å². The number of nitrogens with two attached hydrogens (primary N) is 1. The smallest absolute Gasteiger partial charge is 0.259 e. The van der Waals surface area contributed by atoms with Gasteiger partial charge in [0.1, 0.15) is 10.7 Å². The first-order valence-electron chi connectivity index (χ1n) is 7.86. The molecule has 4 aromatic heterocycles. The van der Waals surface area contributed by atoms with Crippen LogP contribution in [0.2, 0.25) is 0 Å². The van der Waals surface area contributed by atoms with Gasteiger partial charge in [0.15, 0.2) is 5.76 Å². The van der Waals surface area contributed by atoms with E-state index in [2.05, 4.69) is 20.2 Å². The summed E-state index contributed by atoms with van der Waals surface area (Å²) >= 11 is 2.89. The van der Waals surface area contributed by atoms with E-state index in [0.717, 1.165) is 15.3 Å². The van der Waals surface area contributed by atoms with Crippen LogP contribution in [-0.4, -0.2) is 24.8 Å². The summed E-state index contributed by atoms with van der Waals surface area (Å²) in [7, 11) is 0. The van der Waals surface area contributed by atoms with Gasteiger partial charge in [-0.05, 0) is 38.5 Å². The number of rotatable bonds is 4. The molecule has 10 heteroatoms. The highest BCUT2D eigenvalue weighted by molar-refractivity contribution is 7.99. The first kappa shape index (κ1) is 16.9. The van der Waals surface area contributed by atoms with E-state index in [9.17, 15) is 4.79 Å². The molecule has 0 aliphatic heterocycles. The van der Waals surface area contributed by atoms with Gasteiger partial charge in [-0.15, -0.1) is 21.5 Å². The van der Waals surface area contributed by atoms with E-state index in [1.165, 1.54) is 27.8 Å². The highest BCUT2D eigenvalue weighted by Crippen LogP contribution is 2.34. The van der Waals surface area contributed by atoms with Crippen molar-refractivity contribution < 1.29 is 4.42 Å². The standard InChI is InChI=1S/C16H16N6O2S2/c1-7-8(2)25-15-11(7)14(23)18-12(19-15)9(3)26-16-21-20-13(22(16)17)10-5-4-6-24-10/h4-6,9H,17H2,1-3H3,(H,18,19,23)/t9-/m1/s1. The molecule has 4 aromatic rings. The van der Waals surface area contributed by atoms with Gasteiger partial charge in [-0.1, -0.05) is 11.8 Å². The van der Waals surface area contributed by atoms with Crippen molar-refractivity contribution in [3.8, 4) is 11.6 Å². The molecule has 0 fully saturated rings. The van der Waals surface area contributed by atoms with Gasteiger partial charge in [-0.3, -0.25) is 4.79 Å². The van der Waals surface area contributed by atoms with E-state index < -0.39 is 0 Å². The molecule has 0 radical (unpaired) electrons. The largest absolute Gasteiger partial charge is 0.461 e. The Bertz CT molecular complexity index is 1140. The van der Waals surface area contributed by atoms with E-state index in [4.69, 9.17) is 10.3 Å². The molecule has 0 aliphatic rings. The lowest BCUT2D eigenvalue weighted by atomic mass is 10.2. The zero-order valence-electron chi connectivity index (χ0n) is 14.3. The summed E-state index contributed by atoms with van der Waals surface area (Å²) in [5.41, 5.74) is 0.861. The first-order valence-corrected chi connectivity index (χ1v) is 9.56. The number of nitrogens with zero attached hydrogens (tertiary/aromatic N) is 4. The number of thioether (sulfide) groups is 1. The van der Waals surface area contributed by atoms with Gasteiger partial charge in [0.25, 0.3) is 5.56 Å². The van der Waals surface area contributed by atoms with Gasteiger partial charge in [0, 0.05) is 4.88 Å². The third-order valence-electron chi connectivity index (χ3n) is 4.13. The molecule has 0 aromatic carbocycles. The molecule has 0 aliphatic carbocycles. The Labute approximate surface area is 156 Å². The van der Waals surface area contributed by atoms with E-state index in [1.807, 2.05) is 20.8 Å². The number of thiophene rings is 1. The Morgan fingerprint density at radius 1 is 1.38 bits per heavy atom. The number of furan rings is 1. The van der Waals surface area contributed by atoms with E-state index in [-0.39, 0.29) is 10.8 Å². The number of hydrogen-bond acceptors (Lipinski definition) is 8. The topological polar surface area (TPSA) is 116 Å². The van der Waals surface area contributed by atoms with E-state index >= 15 is 0 Å². The summed E-state index contributed by atoms with van der Waals surface area (Å²) in [4.78, 5) is 21.8. The van der Waals surface area contributed by atoms with Crippen LogP contribution in [-0.2, 0) is 0 Å². The molecule has 1 atom stereocenters. The summed E-state index contributed by atoms with van der Waals surface area (Å²) < 4.78 is 6.68. The molecule has 26 heavy (non-hydrogen) atoms. The van der Waals surface area contributed by atoms with Gasteiger partial charge in [-0.25, -0.2) is 9.66 Å². The zero-order chi connectivity index (χ0) is 18.4. The maximum absolute atomic E-state index is 12.4. The molecule has 3 N–H and O–H groups in total. The first-order chi connectivity index (χ1) is 12.5. The number of hydrogen-bond donors (Lipinski definition) is 2. The average molecular weight is 388 g/mol. The van der Waals surface area contributed by atoms with Crippen LogP contribution in [0.4, 0.5) is 0 Å². The number of nitrogens with one attached hydrogen (secondary N) is 1. The van der Waals surface area contributed by atoms with Gasteiger partial charge in [0.2, 0.25) is 11.0 Å². The second-order valence-corrected chi connectivity index (χ2v) is 8.34. The monoisotopic (exact) mass is 388 g/mol. The predicted molar refractivity (Wildman–Crippen MR) is 102 cm³/mol. The van der Waals surface area contributed by atoms with Crippen LogP contribution in [0.25, 0.3) is 21.8 Å². The minimum absolute atomic E-state index is 0.121. The number of aromatic amines is 1. The highest BCUT2D eigenvalue weighted by Gasteiger charge is 2.20. The van der Waals surface area contributed by atoms with Crippen molar-refractivity contribution in [3.63, 3.8) is 0 Å². The molecular weight excluding hydrogens is 372 g/mol. The molecular formula is C16H16N6O2S2. The van der Waals surface area contributed by atoms with Gasteiger partial charge in [0.05, 0.1) is 16.9 Å². The number of H-pyrrole nitrogens is 1.